The minimum atomic E-state index is -0.280. The van der Waals surface area contributed by atoms with Crippen molar-refractivity contribution in [2.75, 3.05) is 29.9 Å². The monoisotopic (exact) mass is 394 g/mol. The number of fused-ring (bicyclic) bond motifs is 3. The van der Waals surface area contributed by atoms with Gasteiger partial charge < -0.3 is 20.6 Å². The van der Waals surface area contributed by atoms with Crippen LogP contribution in [0.1, 0.15) is 24.8 Å². The fourth-order valence-electron chi connectivity index (χ4n) is 4.39. The largest absolute Gasteiger partial charge is 0.394 e. The molecular formula is C22H26N4O3. The Kier molecular flexibility index (Phi) is 5.40. The van der Waals surface area contributed by atoms with Gasteiger partial charge in [-0.3, -0.25) is 4.90 Å². The molecule has 1 saturated heterocycles. The first-order chi connectivity index (χ1) is 14.2. The Morgan fingerprint density at radius 1 is 1.07 bits per heavy atom. The lowest BCUT2D eigenvalue weighted by Gasteiger charge is -2.58. The van der Waals surface area contributed by atoms with Crippen molar-refractivity contribution in [2.24, 2.45) is 0 Å². The first-order valence-corrected chi connectivity index (χ1v) is 10.0. The lowest BCUT2D eigenvalue weighted by molar-refractivity contribution is -0.00673. The zero-order valence-electron chi connectivity index (χ0n) is 16.4. The molecule has 0 bridgehead atoms. The van der Waals surface area contributed by atoms with E-state index in [4.69, 9.17) is 0 Å². The van der Waals surface area contributed by atoms with Crippen LogP contribution >= 0.6 is 0 Å². The molecule has 7 heteroatoms. The van der Waals surface area contributed by atoms with Crippen LogP contribution in [0, 0.1) is 0 Å². The van der Waals surface area contributed by atoms with Crippen LogP contribution in [0.2, 0.25) is 0 Å². The van der Waals surface area contributed by atoms with E-state index in [1.807, 2.05) is 61.5 Å². The molecule has 0 spiro atoms. The highest BCUT2D eigenvalue weighted by Gasteiger charge is 2.55. The number of aliphatic hydroxyl groups is 1. The summed E-state index contributed by atoms with van der Waals surface area (Å²) in [5.74, 6) is 0.0179. The van der Waals surface area contributed by atoms with Crippen LogP contribution in [-0.2, 0) is 0 Å². The van der Waals surface area contributed by atoms with Gasteiger partial charge in [0, 0.05) is 30.4 Å². The molecule has 4 amide bonds. The molecule has 7 nitrogen and oxygen atoms in total. The molecule has 3 N–H and O–H groups in total. The third kappa shape index (κ3) is 3.42. The maximum Gasteiger partial charge on any atom is 0.326 e. The minimum Gasteiger partial charge on any atom is -0.394 e. The average molecular weight is 394 g/mol. The summed E-state index contributed by atoms with van der Waals surface area (Å²) in [6.45, 7) is 2.86. The van der Waals surface area contributed by atoms with Crippen LogP contribution in [0.15, 0.2) is 54.6 Å². The van der Waals surface area contributed by atoms with Crippen LogP contribution < -0.4 is 15.5 Å². The highest BCUT2D eigenvalue weighted by atomic mass is 16.3. The van der Waals surface area contributed by atoms with Crippen LogP contribution in [0.3, 0.4) is 0 Å². The Balaban J connectivity index is 1.62. The van der Waals surface area contributed by atoms with Crippen LogP contribution in [-0.4, -0.2) is 53.8 Å². The minimum absolute atomic E-state index is 0.0179. The number of urea groups is 2. The van der Waals surface area contributed by atoms with E-state index in [2.05, 4.69) is 10.6 Å². The number of anilines is 2. The van der Waals surface area contributed by atoms with Gasteiger partial charge in [-0.1, -0.05) is 43.3 Å². The van der Waals surface area contributed by atoms with Crippen molar-refractivity contribution >= 4 is 23.4 Å². The standard InChI is InChI=1S/C22H26N4O3/c1-2-12-23-21(28)26-18-13-25(22(29)24-15-8-4-3-5-9-15)17-11-7-6-10-16(17)20(18)19(26)14-27/h3-11,18-20,27H,2,12-14H2,1H3,(H,23,28)(H,24,29)/t18-,19-,20+/m1/s1. The van der Waals surface area contributed by atoms with Gasteiger partial charge in [-0.05, 0) is 30.2 Å². The van der Waals surface area contributed by atoms with Crippen molar-refractivity contribution in [3.05, 3.63) is 60.2 Å². The van der Waals surface area contributed by atoms with Crippen molar-refractivity contribution in [3.8, 4) is 0 Å². The summed E-state index contributed by atoms with van der Waals surface area (Å²) in [6, 6.07) is 16.2. The topological polar surface area (TPSA) is 84.9 Å². The highest BCUT2D eigenvalue weighted by Crippen LogP contribution is 2.48. The molecule has 2 aliphatic rings. The second-order valence-corrected chi connectivity index (χ2v) is 7.45. The molecule has 0 aromatic heterocycles. The van der Waals surface area contributed by atoms with E-state index in [1.54, 1.807) is 9.80 Å². The number of nitrogens with zero attached hydrogens (tertiary/aromatic N) is 2. The third-order valence-corrected chi connectivity index (χ3v) is 5.72. The first-order valence-electron chi connectivity index (χ1n) is 10.0. The maximum absolute atomic E-state index is 13.1. The van der Waals surface area contributed by atoms with E-state index in [0.29, 0.717) is 13.1 Å². The molecule has 1 fully saturated rings. The molecule has 0 unspecified atom stereocenters. The molecular weight excluding hydrogens is 368 g/mol. The number of hydrogen-bond donors (Lipinski definition) is 3. The number of rotatable bonds is 4. The summed E-state index contributed by atoms with van der Waals surface area (Å²) >= 11 is 0. The zero-order chi connectivity index (χ0) is 20.4. The smallest absolute Gasteiger partial charge is 0.326 e. The Hall–Kier alpha value is -3.06. The summed E-state index contributed by atoms with van der Waals surface area (Å²) in [5.41, 5.74) is 2.54. The number of carbonyl (C=O) groups is 2. The summed E-state index contributed by atoms with van der Waals surface area (Å²) in [7, 11) is 0. The van der Waals surface area contributed by atoms with Crippen LogP contribution in [0.4, 0.5) is 21.0 Å². The second-order valence-electron chi connectivity index (χ2n) is 7.45. The van der Waals surface area contributed by atoms with Crippen molar-refractivity contribution in [3.63, 3.8) is 0 Å². The Morgan fingerprint density at radius 3 is 2.52 bits per heavy atom. The Bertz CT molecular complexity index is 889. The Morgan fingerprint density at radius 2 is 1.79 bits per heavy atom. The van der Waals surface area contributed by atoms with E-state index in [1.165, 1.54) is 0 Å². The summed E-state index contributed by atoms with van der Waals surface area (Å²) < 4.78 is 0. The average Bonchev–Trinajstić information content (AvgIpc) is 2.73. The van der Waals surface area contributed by atoms with Crippen LogP contribution in [0.25, 0.3) is 0 Å². The SMILES string of the molecule is CCCNC(=O)N1[C@H](CO)[C@H]2c3ccccc3N(C(=O)Nc3ccccc3)C[C@H]21. The summed E-state index contributed by atoms with van der Waals surface area (Å²) in [4.78, 5) is 29.1. The molecule has 2 aromatic carbocycles. The van der Waals surface area contributed by atoms with E-state index in [9.17, 15) is 14.7 Å². The summed E-state index contributed by atoms with van der Waals surface area (Å²) in [5, 5.41) is 15.8. The molecule has 0 saturated carbocycles. The van der Waals surface area contributed by atoms with E-state index in [-0.39, 0.29) is 36.7 Å². The predicted octanol–water partition coefficient (Wildman–Crippen LogP) is 2.99. The first kappa shape index (κ1) is 19.3. The fraction of sp³-hybridized carbons (Fsp3) is 0.364. The number of para-hydroxylation sites is 2. The number of likely N-dealkylation sites (tertiary alicyclic amines) is 1. The molecule has 2 aromatic rings. The number of nitrogens with one attached hydrogen (secondary N) is 2. The fourth-order valence-corrected chi connectivity index (χ4v) is 4.39. The van der Waals surface area contributed by atoms with Gasteiger partial charge in [0.25, 0.3) is 0 Å². The number of aliphatic hydroxyl groups excluding tert-OH is 1. The quantitative estimate of drug-likeness (QED) is 0.745. The van der Waals surface area contributed by atoms with Gasteiger partial charge in [0.1, 0.15) is 0 Å². The van der Waals surface area contributed by atoms with Gasteiger partial charge >= 0.3 is 12.1 Å². The van der Waals surface area contributed by atoms with Crippen molar-refractivity contribution in [2.45, 2.75) is 31.3 Å². The molecule has 0 radical (unpaired) electrons. The van der Waals surface area contributed by atoms with Gasteiger partial charge in [0.05, 0.1) is 18.7 Å². The molecule has 29 heavy (non-hydrogen) atoms. The van der Waals surface area contributed by atoms with E-state index < -0.39 is 0 Å². The van der Waals surface area contributed by atoms with E-state index >= 15 is 0 Å². The van der Waals surface area contributed by atoms with Gasteiger partial charge in [0.15, 0.2) is 0 Å². The summed E-state index contributed by atoms with van der Waals surface area (Å²) in [6.07, 6.45) is 0.839. The molecule has 152 valence electrons. The molecule has 4 rings (SSSR count). The van der Waals surface area contributed by atoms with E-state index in [0.717, 1.165) is 23.4 Å². The van der Waals surface area contributed by atoms with Crippen molar-refractivity contribution in [1.29, 1.82) is 0 Å². The van der Waals surface area contributed by atoms with Crippen molar-refractivity contribution < 1.29 is 14.7 Å². The van der Waals surface area contributed by atoms with Gasteiger partial charge in [-0.15, -0.1) is 0 Å². The lowest BCUT2D eigenvalue weighted by atomic mass is 9.72. The van der Waals surface area contributed by atoms with Gasteiger partial charge in [0.2, 0.25) is 0 Å². The Labute approximate surface area is 170 Å². The van der Waals surface area contributed by atoms with Crippen molar-refractivity contribution in [1.82, 2.24) is 10.2 Å². The predicted molar refractivity (Wildman–Crippen MR) is 112 cm³/mol. The second kappa shape index (κ2) is 8.13. The van der Waals surface area contributed by atoms with Gasteiger partial charge in [-0.2, -0.15) is 0 Å². The third-order valence-electron chi connectivity index (χ3n) is 5.72. The van der Waals surface area contributed by atoms with Gasteiger partial charge in [-0.25, -0.2) is 9.59 Å². The zero-order valence-corrected chi connectivity index (χ0v) is 16.4. The number of amides is 4. The maximum atomic E-state index is 13.1. The molecule has 2 heterocycles. The molecule has 2 aliphatic heterocycles. The molecule has 3 atom stereocenters. The highest BCUT2D eigenvalue weighted by molar-refractivity contribution is 6.03. The molecule has 0 aliphatic carbocycles. The normalized spacial score (nSPS) is 22.2. The van der Waals surface area contributed by atoms with Crippen LogP contribution in [0.5, 0.6) is 0 Å². The lowest BCUT2D eigenvalue weighted by Crippen LogP contribution is -2.72. The number of hydrogen-bond acceptors (Lipinski definition) is 3. The number of carbonyl (C=O) groups excluding carboxylic acids is 2. The number of benzene rings is 2.